The molecule has 0 aliphatic rings. The van der Waals surface area contributed by atoms with Gasteiger partial charge >= 0.3 is 0 Å². The topological polar surface area (TPSA) is 38.1 Å². The van der Waals surface area contributed by atoms with E-state index >= 15 is 0 Å². The van der Waals surface area contributed by atoms with Crippen LogP contribution in [0.15, 0.2) is 48.5 Å². The van der Waals surface area contributed by atoms with Crippen molar-refractivity contribution in [3.63, 3.8) is 0 Å². The molecule has 0 saturated carbocycles. The van der Waals surface area contributed by atoms with E-state index in [1.165, 1.54) is 0 Å². The molecule has 0 aliphatic heterocycles. The van der Waals surface area contributed by atoms with E-state index in [1.54, 1.807) is 0 Å². The molecule has 0 fully saturated rings. The molecule has 124 valence electrons. The van der Waals surface area contributed by atoms with Crippen LogP contribution in [0, 0.1) is 13.8 Å². The van der Waals surface area contributed by atoms with E-state index < -0.39 is 0 Å². The third-order valence-electron chi connectivity index (χ3n) is 4.11. The molecule has 0 unspecified atom stereocenters. The molecule has 1 N–H and O–H groups in total. The Morgan fingerprint density at radius 2 is 1.54 bits per heavy atom. The standard InChI is InChI=1S/C21H24N2O/c1-14-8-6-10-16(12-14)18-19(24)20(21(3,4)5)22-23(18)17-11-7-9-15(2)13-17/h6-13,24H,1-5H3. The monoisotopic (exact) mass is 320 g/mol. The second kappa shape index (κ2) is 5.82. The molecule has 24 heavy (non-hydrogen) atoms. The van der Waals surface area contributed by atoms with Gasteiger partial charge in [0.1, 0.15) is 11.4 Å². The number of aromatic hydroxyl groups is 1. The summed E-state index contributed by atoms with van der Waals surface area (Å²) < 4.78 is 1.86. The third kappa shape index (κ3) is 2.94. The molecule has 0 amide bonds. The molecule has 0 radical (unpaired) electrons. The van der Waals surface area contributed by atoms with E-state index in [0.717, 1.165) is 28.1 Å². The fourth-order valence-corrected chi connectivity index (χ4v) is 2.91. The van der Waals surface area contributed by atoms with Gasteiger partial charge in [-0.05, 0) is 37.6 Å². The molecule has 3 aromatic rings. The molecule has 1 aromatic heterocycles. The first kappa shape index (κ1) is 16.3. The van der Waals surface area contributed by atoms with Crippen molar-refractivity contribution in [3.8, 4) is 22.7 Å². The van der Waals surface area contributed by atoms with E-state index in [9.17, 15) is 5.11 Å². The van der Waals surface area contributed by atoms with Gasteiger partial charge in [0.25, 0.3) is 0 Å². The molecular weight excluding hydrogens is 296 g/mol. The van der Waals surface area contributed by atoms with Crippen molar-refractivity contribution in [2.45, 2.75) is 40.0 Å². The van der Waals surface area contributed by atoms with Crippen LogP contribution in [0.3, 0.4) is 0 Å². The number of nitrogens with zero attached hydrogens (tertiary/aromatic N) is 2. The lowest BCUT2D eigenvalue weighted by atomic mass is 9.91. The average molecular weight is 320 g/mol. The fourth-order valence-electron chi connectivity index (χ4n) is 2.91. The summed E-state index contributed by atoms with van der Waals surface area (Å²) >= 11 is 0. The van der Waals surface area contributed by atoms with Gasteiger partial charge in [-0.1, -0.05) is 56.7 Å². The quantitative estimate of drug-likeness (QED) is 0.708. The molecule has 1 heterocycles. The Morgan fingerprint density at radius 3 is 2.12 bits per heavy atom. The molecule has 0 atom stereocenters. The minimum absolute atomic E-state index is 0.238. The van der Waals surface area contributed by atoms with Crippen LogP contribution in [0.1, 0.15) is 37.6 Å². The van der Waals surface area contributed by atoms with E-state index in [4.69, 9.17) is 5.10 Å². The molecular formula is C21H24N2O. The summed E-state index contributed by atoms with van der Waals surface area (Å²) in [6, 6.07) is 16.3. The smallest absolute Gasteiger partial charge is 0.166 e. The van der Waals surface area contributed by atoms with Crippen LogP contribution in [0.5, 0.6) is 5.75 Å². The Labute approximate surface area is 143 Å². The normalized spacial score (nSPS) is 11.7. The molecule has 0 bridgehead atoms. The van der Waals surface area contributed by atoms with Gasteiger partial charge in [-0.2, -0.15) is 5.10 Å². The van der Waals surface area contributed by atoms with Gasteiger partial charge in [0.15, 0.2) is 5.75 Å². The average Bonchev–Trinajstić information content (AvgIpc) is 2.85. The minimum atomic E-state index is -0.238. The Bertz CT molecular complexity index is 885. The van der Waals surface area contributed by atoms with Gasteiger partial charge in [0, 0.05) is 11.0 Å². The van der Waals surface area contributed by atoms with Crippen molar-refractivity contribution in [1.29, 1.82) is 0 Å². The minimum Gasteiger partial charge on any atom is -0.504 e. The molecule has 2 aromatic carbocycles. The molecule has 0 saturated heterocycles. The zero-order valence-corrected chi connectivity index (χ0v) is 15.0. The SMILES string of the molecule is Cc1cccc(-c2c(O)c(C(C)(C)C)nn2-c2cccc(C)c2)c1. The number of hydrogen-bond donors (Lipinski definition) is 1. The van der Waals surface area contributed by atoms with Gasteiger partial charge in [0.05, 0.1) is 5.69 Å². The van der Waals surface area contributed by atoms with Crippen LogP contribution in [-0.4, -0.2) is 14.9 Å². The summed E-state index contributed by atoms with van der Waals surface area (Å²) in [5.41, 5.74) is 5.46. The molecule has 3 nitrogen and oxygen atoms in total. The van der Waals surface area contributed by atoms with Crippen molar-refractivity contribution < 1.29 is 5.11 Å². The molecule has 0 spiro atoms. The van der Waals surface area contributed by atoms with Crippen molar-refractivity contribution in [1.82, 2.24) is 9.78 Å². The largest absolute Gasteiger partial charge is 0.504 e. The Morgan fingerprint density at radius 1 is 0.917 bits per heavy atom. The second-order valence-corrected chi connectivity index (χ2v) is 7.42. The summed E-state index contributed by atoms with van der Waals surface area (Å²) in [5, 5.41) is 15.7. The molecule has 3 heteroatoms. The summed E-state index contributed by atoms with van der Waals surface area (Å²) in [4.78, 5) is 0. The van der Waals surface area contributed by atoms with Crippen molar-refractivity contribution in [3.05, 3.63) is 65.4 Å². The highest BCUT2D eigenvalue weighted by molar-refractivity contribution is 5.71. The van der Waals surface area contributed by atoms with Crippen molar-refractivity contribution in [2.24, 2.45) is 0 Å². The van der Waals surface area contributed by atoms with Gasteiger partial charge in [-0.3, -0.25) is 0 Å². The first-order valence-corrected chi connectivity index (χ1v) is 8.24. The maximum Gasteiger partial charge on any atom is 0.166 e. The first-order valence-electron chi connectivity index (χ1n) is 8.24. The van der Waals surface area contributed by atoms with Gasteiger partial charge in [-0.25, -0.2) is 4.68 Å². The van der Waals surface area contributed by atoms with E-state index in [0.29, 0.717) is 5.69 Å². The zero-order valence-electron chi connectivity index (χ0n) is 15.0. The summed E-state index contributed by atoms with van der Waals surface area (Å²) in [5.74, 6) is 0.259. The van der Waals surface area contributed by atoms with Crippen LogP contribution < -0.4 is 0 Å². The highest BCUT2D eigenvalue weighted by atomic mass is 16.3. The van der Waals surface area contributed by atoms with Gasteiger partial charge in [-0.15, -0.1) is 0 Å². The Balaban J connectivity index is 2.32. The van der Waals surface area contributed by atoms with Crippen LogP contribution in [0.2, 0.25) is 0 Å². The zero-order chi connectivity index (χ0) is 17.5. The number of aromatic nitrogens is 2. The highest BCUT2D eigenvalue weighted by Crippen LogP contribution is 2.39. The number of aryl methyl sites for hydroxylation is 2. The number of hydrogen-bond acceptors (Lipinski definition) is 2. The first-order chi connectivity index (χ1) is 11.3. The van der Waals surface area contributed by atoms with Crippen LogP contribution in [0.4, 0.5) is 0 Å². The van der Waals surface area contributed by atoms with E-state index in [1.807, 2.05) is 28.9 Å². The van der Waals surface area contributed by atoms with Gasteiger partial charge < -0.3 is 5.11 Å². The lowest BCUT2D eigenvalue weighted by molar-refractivity contribution is 0.445. The summed E-state index contributed by atoms with van der Waals surface area (Å²) in [7, 11) is 0. The lowest BCUT2D eigenvalue weighted by Crippen LogP contribution is -2.13. The number of rotatable bonds is 2. The highest BCUT2D eigenvalue weighted by Gasteiger charge is 2.28. The third-order valence-corrected chi connectivity index (χ3v) is 4.11. The summed E-state index contributed by atoms with van der Waals surface area (Å²) in [6.45, 7) is 10.3. The van der Waals surface area contributed by atoms with E-state index in [2.05, 4.69) is 58.9 Å². The van der Waals surface area contributed by atoms with Crippen LogP contribution >= 0.6 is 0 Å². The Kier molecular flexibility index (Phi) is 3.96. The second-order valence-electron chi connectivity index (χ2n) is 7.42. The fraction of sp³-hybridized carbons (Fsp3) is 0.286. The maximum atomic E-state index is 10.9. The van der Waals surface area contributed by atoms with Crippen molar-refractivity contribution >= 4 is 0 Å². The maximum absolute atomic E-state index is 10.9. The lowest BCUT2D eigenvalue weighted by Gasteiger charge is -2.15. The molecule has 3 rings (SSSR count). The Hall–Kier alpha value is -2.55. The van der Waals surface area contributed by atoms with Crippen LogP contribution in [0.25, 0.3) is 16.9 Å². The number of benzene rings is 2. The van der Waals surface area contributed by atoms with Crippen LogP contribution in [-0.2, 0) is 5.41 Å². The van der Waals surface area contributed by atoms with Crippen molar-refractivity contribution in [2.75, 3.05) is 0 Å². The molecule has 0 aliphatic carbocycles. The summed E-state index contributed by atoms with van der Waals surface area (Å²) in [6.07, 6.45) is 0. The van der Waals surface area contributed by atoms with Gasteiger partial charge in [0.2, 0.25) is 0 Å². The predicted molar refractivity (Wildman–Crippen MR) is 98.8 cm³/mol. The van der Waals surface area contributed by atoms with E-state index in [-0.39, 0.29) is 11.2 Å². The predicted octanol–water partition coefficient (Wildman–Crippen LogP) is 5.16.